The molecule has 0 saturated heterocycles. The number of hydrogen-bond acceptors (Lipinski definition) is 6. The number of urea groups is 1. The van der Waals surface area contributed by atoms with E-state index in [-0.39, 0.29) is 68.7 Å². The van der Waals surface area contributed by atoms with Crippen molar-refractivity contribution in [2.45, 2.75) is 112 Å². The summed E-state index contributed by atoms with van der Waals surface area (Å²) in [5, 5.41) is 6.14. The van der Waals surface area contributed by atoms with Crippen LogP contribution in [0.3, 0.4) is 0 Å². The predicted molar refractivity (Wildman–Crippen MR) is 185 cm³/mol. The van der Waals surface area contributed by atoms with E-state index in [1.54, 1.807) is 24.3 Å². The summed E-state index contributed by atoms with van der Waals surface area (Å²) in [5.41, 5.74) is 0.712. The van der Waals surface area contributed by atoms with Crippen LogP contribution in [0.1, 0.15) is 117 Å². The van der Waals surface area contributed by atoms with Crippen LogP contribution in [0.15, 0.2) is 35.9 Å². The molecule has 8 heteroatoms. The van der Waals surface area contributed by atoms with E-state index in [9.17, 15) is 19.2 Å². The van der Waals surface area contributed by atoms with E-state index in [0.717, 1.165) is 57.8 Å². The van der Waals surface area contributed by atoms with Crippen molar-refractivity contribution in [1.29, 1.82) is 0 Å². The highest BCUT2D eigenvalue weighted by Crippen LogP contribution is 2.75. The molecule has 2 amide bonds. The van der Waals surface area contributed by atoms with Crippen molar-refractivity contribution in [3.8, 4) is 0 Å². The third-order valence-electron chi connectivity index (χ3n) is 15.2. The molecule has 8 nitrogen and oxygen atoms in total. The first-order chi connectivity index (χ1) is 22.4. The number of carbonyl (C=O) groups excluding carboxylic acids is 4. The normalized spacial score (nSPS) is 41.3. The van der Waals surface area contributed by atoms with Crippen molar-refractivity contribution in [3.05, 3.63) is 41.5 Å². The summed E-state index contributed by atoms with van der Waals surface area (Å²) < 4.78 is 10.2. The number of amides is 2. The number of anilines is 1. The molecule has 0 spiro atoms. The van der Waals surface area contributed by atoms with Crippen LogP contribution in [0.2, 0.25) is 0 Å². The maximum atomic E-state index is 14.7. The Hall–Kier alpha value is -3.16. The van der Waals surface area contributed by atoms with E-state index in [0.29, 0.717) is 11.3 Å². The van der Waals surface area contributed by atoms with Crippen molar-refractivity contribution in [1.82, 2.24) is 5.32 Å². The first-order valence-corrected chi connectivity index (χ1v) is 18.0. The van der Waals surface area contributed by atoms with Gasteiger partial charge in [0, 0.05) is 12.0 Å². The Kier molecular flexibility index (Phi) is 8.27. The number of hydrogen-bond donors (Lipinski definition) is 2. The van der Waals surface area contributed by atoms with Gasteiger partial charge in [0.15, 0.2) is 5.78 Å². The van der Waals surface area contributed by atoms with Crippen molar-refractivity contribution in [2.24, 2.45) is 50.2 Å². The highest BCUT2D eigenvalue weighted by Gasteiger charge is 2.70. The minimum atomic E-state index is -0.536. The van der Waals surface area contributed by atoms with Crippen LogP contribution in [0, 0.1) is 50.2 Å². The highest BCUT2D eigenvalue weighted by molar-refractivity contribution is 6.01. The number of nitrogens with one attached hydrogen (secondary N) is 2. The fourth-order valence-electron chi connectivity index (χ4n) is 12.1. The van der Waals surface area contributed by atoms with Gasteiger partial charge >= 0.3 is 18.0 Å². The summed E-state index contributed by atoms with van der Waals surface area (Å²) in [6, 6.07) is 6.40. The summed E-state index contributed by atoms with van der Waals surface area (Å²) in [6.45, 7) is 16.1. The topological polar surface area (TPSA) is 111 Å². The SMILES string of the molecule is COC(=O)c1ccccc1NC(=O)NC1CC[C@@]2(C)C(CC[C@]3(C)C2C(=O)C=C2C4C[C@@](C)(C(=O)OC)CC[C@]4(C)CC[C@]23C)C1(C)C. The van der Waals surface area contributed by atoms with Gasteiger partial charge in [-0.05, 0) is 122 Å². The van der Waals surface area contributed by atoms with E-state index >= 15 is 0 Å². The third kappa shape index (κ3) is 4.89. The average molecular weight is 661 g/mol. The molecule has 1 aromatic rings. The molecule has 5 aliphatic rings. The van der Waals surface area contributed by atoms with E-state index in [1.165, 1.54) is 19.8 Å². The summed E-state index contributed by atoms with van der Waals surface area (Å²) in [6.07, 6.45) is 10.3. The molecule has 5 aliphatic carbocycles. The molecule has 4 fully saturated rings. The molecule has 9 atom stereocenters. The van der Waals surface area contributed by atoms with Crippen LogP contribution in [-0.4, -0.2) is 44.0 Å². The largest absolute Gasteiger partial charge is 0.469 e. The van der Waals surface area contributed by atoms with Crippen LogP contribution >= 0.6 is 0 Å². The van der Waals surface area contributed by atoms with E-state index in [4.69, 9.17) is 9.47 Å². The predicted octanol–water partition coefficient (Wildman–Crippen LogP) is 8.12. The van der Waals surface area contributed by atoms with Gasteiger partial charge in [-0.15, -0.1) is 0 Å². The Balaban J connectivity index is 1.28. The number of allylic oxidation sites excluding steroid dienone is 2. The minimum absolute atomic E-state index is 0.0765. The number of benzene rings is 1. The number of methoxy groups -OCH3 is 2. The van der Waals surface area contributed by atoms with Gasteiger partial charge in [0.1, 0.15) is 0 Å². The standard InChI is InChI=1S/C40H56N2O6/c1-35(2)29-14-17-40(7)31(38(29,5)16-15-30(35)42-34(46)41-27-13-11-10-12-24(27)32(44)47-8)28(43)22-25-26-23-37(4,33(45)48-9)19-18-36(26,3)20-21-39(25,40)6/h10-13,22,26,29-31H,14-21,23H2,1-9H3,(H2,41,42,46)/t26?,29?,30?,31?,36-,37+,38+,39-,40-/m1/s1. The van der Waals surface area contributed by atoms with Gasteiger partial charge in [0.25, 0.3) is 0 Å². The zero-order chi connectivity index (χ0) is 35.1. The number of carbonyl (C=O) groups is 4. The quantitative estimate of drug-likeness (QED) is 0.316. The number of fused-ring (bicyclic) bond motifs is 7. The summed E-state index contributed by atoms with van der Waals surface area (Å²) in [4.78, 5) is 53.4. The fourth-order valence-corrected chi connectivity index (χ4v) is 12.1. The lowest BCUT2D eigenvalue weighted by Gasteiger charge is -2.70. The molecular weight excluding hydrogens is 604 g/mol. The first-order valence-electron chi connectivity index (χ1n) is 18.0. The van der Waals surface area contributed by atoms with Gasteiger partial charge in [-0.1, -0.05) is 59.2 Å². The van der Waals surface area contributed by atoms with Gasteiger partial charge in [0.2, 0.25) is 0 Å². The second-order valence-corrected chi connectivity index (χ2v) is 17.8. The summed E-state index contributed by atoms with van der Waals surface area (Å²) in [7, 11) is 2.81. The lowest BCUT2D eigenvalue weighted by atomic mass is 9.33. The molecule has 0 bridgehead atoms. The average Bonchev–Trinajstić information content (AvgIpc) is 3.03. The molecule has 4 unspecified atom stereocenters. The monoisotopic (exact) mass is 660 g/mol. The van der Waals surface area contributed by atoms with Crippen LogP contribution in [-0.2, 0) is 19.1 Å². The van der Waals surface area contributed by atoms with Crippen molar-refractivity contribution in [2.75, 3.05) is 19.5 Å². The van der Waals surface area contributed by atoms with E-state index < -0.39 is 11.4 Å². The maximum absolute atomic E-state index is 14.7. The molecule has 48 heavy (non-hydrogen) atoms. The smallest absolute Gasteiger partial charge is 0.339 e. The van der Waals surface area contributed by atoms with E-state index in [2.05, 4.69) is 65.2 Å². The molecule has 4 saturated carbocycles. The van der Waals surface area contributed by atoms with Crippen molar-refractivity contribution in [3.63, 3.8) is 0 Å². The number of ketones is 1. The molecule has 0 aliphatic heterocycles. The molecule has 1 aromatic carbocycles. The van der Waals surface area contributed by atoms with Gasteiger partial charge in [0.05, 0.1) is 30.9 Å². The van der Waals surface area contributed by atoms with Crippen LogP contribution in [0.4, 0.5) is 10.5 Å². The Morgan fingerprint density at radius 2 is 1.52 bits per heavy atom. The van der Waals surface area contributed by atoms with E-state index in [1.807, 2.05) is 0 Å². The molecule has 0 aromatic heterocycles. The number of rotatable bonds is 4. The Morgan fingerprint density at radius 1 is 0.833 bits per heavy atom. The van der Waals surface area contributed by atoms with Crippen molar-refractivity contribution < 1.29 is 28.7 Å². The van der Waals surface area contributed by atoms with Gasteiger partial charge in [-0.25, -0.2) is 9.59 Å². The number of esters is 2. The van der Waals surface area contributed by atoms with Gasteiger partial charge in [-0.3, -0.25) is 9.59 Å². The first kappa shape index (κ1) is 34.7. The molecule has 6 rings (SSSR count). The maximum Gasteiger partial charge on any atom is 0.339 e. The van der Waals surface area contributed by atoms with Gasteiger partial charge < -0.3 is 20.1 Å². The minimum Gasteiger partial charge on any atom is -0.469 e. The summed E-state index contributed by atoms with van der Waals surface area (Å²) >= 11 is 0. The summed E-state index contributed by atoms with van der Waals surface area (Å²) in [5.74, 6) is -0.0783. The number of ether oxygens (including phenoxy) is 2. The molecule has 2 N–H and O–H groups in total. The van der Waals surface area contributed by atoms with Gasteiger partial charge in [-0.2, -0.15) is 0 Å². The van der Waals surface area contributed by atoms with Crippen LogP contribution < -0.4 is 10.6 Å². The fraction of sp³-hybridized carbons (Fsp3) is 0.700. The van der Waals surface area contributed by atoms with Crippen LogP contribution in [0.5, 0.6) is 0 Å². The molecular formula is C40H56N2O6. The number of para-hydroxylation sites is 1. The third-order valence-corrected chi connectivity index (χ3v) is 15.2. The van der Waals surface area contributed by atoms with Crippen molar-refractivity contribution >= 4 is 29.4 Å². The Labute approximate surface area is 286 Å². The zero-order valence-electron chi connectivity index (χ0n) is 30.5. The highest BCUT2D eigenvalue weighted by atomic mass is 16.5. The molecule has 262 valence electrons. The molecule has 0 heterocycles. The zero-order valence-corrected chi connectivity index (χ0v) is 30.5. The second-order valence-electron chi connectivity index (χ2n) is 17.8. The lowest BCUT2D eigenvalue weighted by molar-refractivity contribution is -0.189. The molecule has 0 radical (unpaired) electrons. The lowest BCUT2D eigenvalue weighted by Crippen LogP contribution is -2.67. The Morgan fingerprint density at radius 3 is 2.21 bits per heavy atom. The second kappa shape index (κ2) is 11.4. The van der Waals surface area contributed by atoms with Crippen LogP contribution in [0.25, 0.3) is 0 Å². The Bertz CT molecular complexity index is 1570.